The van der Waals surface area contributed by atoms with Gasteiger partial charge in [-0.3, -0.25) is 4.79 Å². The van der Waals surface area contributed by atoms with E-state index >= 15 is 0 Å². The topological polar surface area (TPSA) is 81.0 Å². The van der Waals surface area contributed by atoms with Gasteiger partial charge < -0.3 is 19.7 Å². The monoisotopic (exact) mass is 471 g/mol. The lowest BCUT2D eigenvalue weighted by Gasteiger charge is -2.20. The SMILES string of the molecule is COc1ccc(-c2c(C)nc3c(N4CC[C@@H](NC(=O)c5ccccc5)C4)cc(C)nn23)cc1OC. The van der Waals surface area contributed by atoms with Crippen molar-refractivity contribution in [3.63, 3.8) is 0 Å². The highest BCUT2D eigenvalue weighted by molar-refractivity contribution is 5.94. The van der Waals surface area contributed by atoms with E-state index in [9.17, 15) is 4.79 Å². The zero-order valence-electron chi connectivity index (χ0n) is 20.4. The average Bonchev–Trinajstić information content (AvgIpc) is 3.47. The van der Waals surface area contributed by atoms with Gasteiger partial charge in [-0.25, -0.2) is 9.50 Å². The maximum atomic E-state index is 12.6. The number of carbonyl (C=O) groups excluding carboxylic acids is 1. The van der Waals surface area contributed by atoms with Crippen LogP contribution in [-0.2, 0) is 0 Å². The molecule has 180 valence electrons. The number of carbonyl (C=O) groups is 1. The average molecular weight is 472 g/mol. The van der Waals surface area contributed by atoms with Crippen molar-refractivity contribution in [3.8, 4) is 22.8 Å². The van der Waals surface area contributed by atoms with Crippen molar-refractivity contribution in [1.82, 2.24) is 19.9 Å². The summed E-state index contributed by atoms with van der Waals surface area (Å²) in [6.07, 6.45) is 0.869. The molecule has 2 aromatic heterocycles. The Morgan fingerprint density at radius 3 is 2.54 bits per heavy atom. The first-order chi connectivity index (χ1) is 17.0. The summed E-state index contributed by atoms with van der Waals surface area (Å²) in [5.41, 5.74) is 6.13. The predicted octanol–water partition coefficient (Wildman–Crippen LogP) is 4.04. The van der Waals surface area contributed by atoms with Gasteiger partial charge in [-0.15, -0.1) is 0 Å². The molecule has 35 heavy (non-hydrogen) atoms. The van der Waals surface area contributed by atoms with Crippen molar-refractivity contribution in [2.45, 2.75) is 26.3 Å². The minimum absolute atomic E-state index is 0.0408. The molecule has 1 aliphatic rings. The Labute approximate surface area is 204 Å². The largest absolute Gasteiger partial charge is 0.493 e. The van der Waals surface area contributed by atoms with E-state index in [2.05, 4.69) is 16.3 Å². The second-order valence-corrected chi connectivity index (χ2v) is 8.79. The molecule has 0 spiro atoms. The van der Waals surface area contributed by atoms with Gasteiger partial charge in [0.2, 0.25) is 0 Å². The van der Waals surface area contributed by atoms with E-state index in [1.54, 1.807) is 14.2 Å². The van der Waals surface area contributed by atoms with Crippen molar-refractivity contribution in [3.05, 3.63) is 71.5 Å². The number of nitrogens with zero attached hydrogens (tertiary/aromatic N) is 4. The Hall–Kier alpha value is -4.07. The van der Waals surface area contributed by atoms with Gasteiger partial charge in [-0.05, 0) is 56.7 Å². The predicted molar refractivity (Wildman–Crippen MR) is 136 cm³/mol. The number of benzene rings is 2. The number of imidazole rings is 1. The summed E-state index contributed by atoms with van der Waals surface area (Å²) < 4.78 is 12.8. The third kappa shape index (κ3) is 4.27. The van der Waals surface area contributed by atoms with Crippen LogP contribution in [0.5, 0.6) is 11.5 Å². The molecule has 1 aliphatic heterocycles. The Morgan fingerprint density at radius 1 is 1.03 bits per heavy atom. The molecular weight excluding hydrogens is 442 g/mol. The summed E-state index contributed by atoms with van der Waals surface area (Å²) in [5, 5.41) is 7.97. The fourth-order valence-corrected chi connectivity index (χ4v) is 4.73. The highest BCUT2D eigenvalue weighted by Gasteiger charge is 2.28. The highest BCUT2D eigenvalue weighted by atomic mass is 16.5. The quantitative estimate of drug-likeness (QED) is 0.457. The molecule has 1 saturated heterocycles. The summed E-state index contributed by atoms with van der Waals surface area (Å²) in [4.78, 5) is 19.8. The third-order valence-corrected chi connectivity index (χ3v) is 6.42. The number of rotatable bonds is 6. The van der Waals surface area contributed by atoms with E-state index < -0.39 is 0 Å². The van der Waals surface area contributed by atoms with Crippen molar-refractivity contribution in [2.75, 3.05) is 32.2 Å². The number of nitrogens with one attached hydrogen (secondary N) is 1. The van der Waals surface area contributed by atoms with Gasteiger partial charge in [0.05, 0.1) is 37.0 Å². The molecule has 2 aromatic carbocycles. The van der Waals surface area contributed by atoms with Crippen molar-refractivity contribution in [2.24, 2.45) is 0 Å². The molecule has 0 unspecified atom stereocenters. The molecule has 4 aromatic rings. The molecule has 5 rings (SSSR count). The summed E-state index contributed by atoms with van der Waals surface area (Å²) in [6.45, 7) is 5.53. The molecule has 8 nitrogen and oxygen atoms in total. The Balaban J connectivity index is 1.46. The zero-order valence-corrected chi connectivity index (χ0v) is 20.4. The van der Waals surface area contributed by atoms with E-state index in [4.69, 9.17) is 19.6 Å². The number of methoxy groups -OCH3 is 2. The number of aryl methyl sites for hydroxylation is 2. The van der Waals surface area contributed by atoms with Crippen LogP contribution in [0.4, 0.5) is 5.69 Å². The maximum absolute atomic E-state index is 12.6. The Morgan fingerprint density at radius 2 is 1.80 bits per heavy atom. The molecule has 0 saturated carbocycles. The lowest BCUT2D eigenvalue weighted by Crippen LogP contribution is -2.37. The van der Waals surface area contributed by atoms with Crippen LogP contribution in [0.2, 0.25) is 0 Å². The fraction of sp³-hybridized carbons (Fsp3) is 0.296. The Kier molecular flexibility index (Phi) is 6.03. The van der Waals surface area contributed by atoms with Gasteiger partial charge in [-0.2, -0.15) is 5.10 Å². The lowest BCUT2D eigenvalue weighted by atomic mass is 10.1. The number of hydrogen-bond donors (Lipinski definition) is 1. The summed E-state index contributed by atoms with van der Waals surface area (Å²) in [6, 6.07) is 17.3. The molecule has 0 radical (unpaired) electrons. The van der Waals surface area contributed by atoms with Crippen LogP contribution >= 0.6 is 0 Å². The number of fused-ring (bicyclic) bond motifs is 1. The molecule has 3 heterocycles. The number of hydrogen-bond acceptors (Lipinski definition) is 6. The van der Waals surface area contributed by atoms with Crippen molar-refractivity contribution < 1.29 is 14.3 Å². The molecular formula is C27H29N5O3. The molecule has 8 heteroatoms. The number of aromatic nitrogens is 3. The van der Waals surface area contributed by atoms with Crippen LogP contribution in [0.1, 0.15) is 28.2 Å². The highest BCUT2D eigenvalue weighted by Crippen LogP contribution is 2.35. The first-order valence-corrected chi connectivity index (χ1v) is 11.7. The number of amides is 1. The van der Waals surface area contributed by atoms with E-state index in [0.717, 1.165) is 53.5 Å². The van der Waals surface area contributed by atoms with Crippen LogP contribution in [0.15, 0.2) is 54.6 Å². The molecule has 1 N–H and O–H groups in total. The van der Waals surface area contributed by atoms with Crippen LogP contribution in [0.25, 0.3) is 16.9 Å². The van der Waals surface area contributed by atoms with Gasteiger partial charge in [-0.1, -0.05) is 18.2 Å². The van der Waals surface area contributed by atoms with Crippen LogP contribution in [-0.4, -0.2) is 53.9 Å². The second kappa shape index (κ2) is 9.29. The minimum Gasteiger partial charge on any atom is -0.493 e. The number of ether oxygens (including phenoxy) is 2. The van der Waals surface area contributed by atoms with E-state index in [0.29, 0.717) is 17.1 Å². The van der Waals surface area contributed by atoms with Gasteiger partial charge in [0, 0.05) is 30.3 Å². The third-order valence-electron chi connectivity index (χ3n) is 6.42. The summed E-state index contributed by atoms with van der Waals surface area (Å²) in [7, 11) is 3.25. The van der Waals surface area contributed by atoms with Crippen molar-refractivity contribution >= 4 is 17.2 Å². The van der Waals surface area contributed by atoms with Gasteiger partial charge in [0.25, 0.3) is 5.91 Å². The standard InChI is InChI=1S/C27H29N5O3/c1-17-14-22(31-13-12-21(16-31)29-27(33)19-8-6-5-7-9-19)26-28-18(2)25(32(26)30-17)20-10-11-23(34-3)24(15-20)35-4/h5-11,14-15,21H,12-13,16H2,1-4H3,(H,29,33)/t21-/m1/s1. The zero-order chi connectivity index (χ0) is 24.5. The van der Waals surface area contributed by atoms with Crippen LogP contribution in [0.3, 0.4) is 0 Å². The lowest BCUT2D eigenvalue weighted by molar-refractivity contribution is 0.0940. The first-order valence-electron chi connectivity index (χ1n) is 11.7. The second-order valence-electron chi connectivity index (χ2n) is 8.79. The van der Waals surface area contributed by atoms with E-state index in [1.165, 1.54) is 0 Å². The smallest absolute Gasteiger partial charge is 0.251 e. The normalized spacial score (nSPS) is 15.4. The molecule has 0 bridgehead atoms. The minimum atomic E-state index is -0.0408. The first kappa shape index (κ1) is 22.7. The molecule has 1 fully saturated rings. The van der Waals surface area contributed by atoms with E-state index in [1.807, 2.05) is 66.9 Å². The van der Waals surface area contributed by atoms with Gasteiger partial charge in [0.1, 0.15) is 0 Å². The van der Waals surface area contributed by atoms with Crippen molar-refractivity contribution in [1.29, 1.82) is 0 Å². The molecule has 1 amide bonds. The van der Waals surface area contributed by atoms with Crippen LogP contribution in [0, 0.1) is 13.8 Å². The summed E-state index contributed by atoms with van der Waals surface area (Å²) in [5.74, 6) is 1.29. The van der Waals surface area contributed by atoms with Gasteiger partial charge >= 0.3 is 0 Å². The van der Waals surface area contributed by atoms with Gasteiger partial charge in [0.15, 0.2) is 17.1 Å². The van der Waals surface area contributed by atoms with Crippen LogP contribution < -0.4 is 19.7 Å². The number of anilines is 1. The summed E-state index contributed by atoms with van der Waals surface area (Å²) >= 11 is 0. The molecule has 0 aliphatic carbocycles. The fourth-order valence-electron chi connectivity index (χ4n) is 4.73. The van der Waals surface area contributed by atoms with E-state index in [-0.39, 0.29) is 11.9 Å². The molecule has 1 atom stereocenters. The Bertz CT molecular complexity index is 1380. The maximum Gasteiger partial charge on any atom is 0.251 e.